The van der Waals surface area contributed by atoms with Crippen LogP contribution in [0.3, 0.4) is 0 Å². The first-order valence-corrected chi connectivity index (χ1v) is 6.91. The Morgan fingerprint density at radius 3 is 2.53 bits per heavy atom. The van der Waals surface area contributed by atoms with Crippen LogP contribution in [0.4, 0.5) is 0 Å². The molecule has 0 unspecified atom stereocenters. The molecule has 0 bridgehead atoms. The lowest BCUT2D eigenvalue weighted by molar-refractivity contribution is -0.0659. The molecule has 5 nitrogen and oxygen atoms in total. The molecule has 0 aromatic rings. The summed E-state index contributed by atoms with van der Waals surface area (Å²) in [6, 6.07) is 0. The molecule has 0 radical (unpaired) electrons. The summed E-state index contributed by atoms with van der Waals surface area (Å²) in [6.45, 7) is 0.784. The van der Waals surface area contributed by atoms with Crippen LogP contribution in [-0.4, -0.2) is 40.0 Å². The first-order chi connectivity index (χ1) is 7.04. The van der Waals surface area contributed by atoms with E-state index in [0.29, 0.717) is 19.5 Å². The number of nitrogens with one attached hydrogen (secondary N) is 1. The highest BCUT2D eigenvalue weighted by Gasteiger charge is 2.37. The first kappa shape index (κ1) is 12.9. The van der Waals surface area contributed by atoms with Crippen LogP contribution >= 0.6 is 0 Å². The Kier molecular flexibility index (Phi) is 4.51. The predicted molar refractivity (Wildman–Crippen MR) is 59.1 cm³/mol. The zero-order valence-electron chi connectivity index (χ0n) is 9.16. The highest BCUT2D eigenvalue weighted by molar-refractivity contribution is 7.89. The van der Waals surface area contributed by atoms with Crippen LogP contribution in [0.15, 0.2) is 0 Å². The van der Waals surface area contributed by atoms with Gasteiger partial charge in [-0.1, -0.05) is 0 Å². The lowest BCUT2D eigenvalue weighted by atomic mass is 9.80. The molecule has 90 valence electrons. The topological polar surface area (TPSA) is 81.4 Å². The fourth-order valence-corrected chi connectivity index (χ4v) is 2.79. The van der Waals surface area contributed by atoms with Gasteiger partial charge in [0.1, 0.15) is 0 Å². The molecule has 0 aliphatic heterocycles. The number of hydrogen-bond acceptors (Lipinski definition) is 4. The van der Waals surface area contributed by atoms with Crippen molar-refractivity contribution in [3.8, 4) is 0 Å². The van der Waals surface area contributed by atoms with E-state index in [9.17, 15) is 8.42 Å². The average molecular weight is 236 g/mol. The molecule has 1 saturated carbocycles. The number of nitrogens with two attached hydrogens (primary N) is 1. The number of ether oxygens (including phenoxy) is 1. The van der Waals surface area contributed by atoms with Gasteiger partial charge in [-0.05, 0) is 32.2 Å². The highest BCUT2D eigenvalue weighted by Crippen LogP contribution is 2.34. The summed E-state index contributed by atoms with van der Waals surface area (Å²) < 4.78 is 30.8. The zero-order valence-corrected chi connectivity index (χ0v) is 9.98. The molecule has 0 aromatic heterocycles. The summed E-state index contributed by atoms with van der Waals surface area (Å²) in [6.07, 6.45) is 3.47. The van der Waals surface area contributed by atoms with Crippen LogP contribution in [0.1, 0.15) is 25.7 Å². The van der Waals surface area contributed by atoms with Crippen molar-refractivity contribution in [3.05, 3.63) is 0 Å². The second kappa shape index (κ2) is 5.25. The smallest absolute Gasteiger partial charge is 0.211 e. The van der Waals surface area contributed by atoms with Crippen molar-refractivity contribution < 1.29 is 13.2 Å². The maximum Gasteiger partial charge on any atom is 0.211 e. The fourth-order valence-electron chi connectivity index (χ4n) is 1.61. The van der Waals surface area contributed by atoms with Gasteiger partial charge in [0.05, 0.1) is 11.4 Å². The van der Waals surface area contributed by atoms with E-state index in [1.54, 1.807) is 7.11 Å². The van der Waals surface area contributed by atoms with Gasteiger partial charge in [0.25, 0.3) is 0 Å². The summed E-state index contributed by atoms with van der Waals surface area (Å²) in [4.78, 5) is 0. The zero-order chi connectivity index (χ0) is 11.4. The van der Waals surface area contributed by atoms with Crippen LogP contribution in [0, 0.1) is 0 Å². The van der Waals surface area contributed by atoms with Crippen LogP contribution in [-0.2, 0) is 14.8 Å². The largest absolute Gasteiger partial charge is 0.377 e. The lowest BCUT2D eigenvalue weighted by Gasteiger charge is -2.40. The van der Waals surface area contributed by atoms with Gasteiger partial charge in [-0.25, -0.2) is 13.1 Å². The fraction of sp³-hybridized carbons (Fsp3) is 1.00. The van der Waals surface area contributed by atoms with Crippen molar-refractivity contribution in [1.29, 1.82) is 0 Å². The molecule has 15 heavy (non-hydrogen) atoms. The minimum absolute atomic E-state index is 0.100. The third-order valence-corrected chi connectivity index (χ3v) is 4.34. The van der Waals surface area contributed by atoms with Crippen LogP contribution < -0.4 is 10.5 Å². The van der Waals surface area contributed by atoms with Gasteiger partial charge in [-0.2, -0.15) is 0 Å². The van der Waals surface area contributed by atoms with Crippen molar-refractivity contribution in [2.45, 2.75) is 31.3 Å². The standard InChI is InChI=1S/C9H20N2O3S/c1-14-9(4-2-5-9)8-11-15(12,13)7-3-6-10/h11H,2-8,10H2,1H3. The van der Waals surface area contributed by atoms with Crippen LogP contribution in [0.5, 0.6) is 0 Å². The maximum absolute atomic E-state index is 11.5. The second-order valence-corrected chi connectivity index (χ2v) is 5.95. The number of sulfonamides is 1. The Bertz CT molecular complexity index is 280. The van der Waals surface area contributed by atoms with E-state index in [1.165, 1.54) is 0 Å². The number of hydrogen-bond donors (Lipinski definition) is 2. The Hall–Kier alpha value is -0.170. The lowest BCUT2D eigenvalue weighted by Crippen LogP contribution is -2.49. The van der Waals surface area contributed by atoms with E-state index in [1.807, 2.05) is 0 Å². The van der Waals surface area contributed by atoms with E-state index in [4.69, 9.17) is 10.5 Å². The summed E-state index contributed by atoms with van der Waals surface area (Å²) in [5, 5.41) is 0. The normalized spacial score (nSPS) is 19.9. The van der Waals surface area contributed by atoms with Crippen LogP contribution in [0.25, 0.3) is 0 Å². The average Bonchev–Trinajstić information content (AvgIpc) is 2.14. The van der Waals surface area contributed by atoms with E-state index >= 15 is 0 Å². The SMILES string of the molecule is COC1(CNS(=O)(=O)CCCN)CCC1. The van der Waals surface area contributed by atoms with E-state index < -0.39 is 10.0 Å². The maximum atomic E-state index is 11.5. The third kappa shape index (κ3) is 3.71. The van der Waals surface area contributed by atoms with Gasteiger partial charge >= 0.3 is 0 Å². The first-order valence-electron chi connectivity index (χ1n) is 5.26. The molecular formula is C9H20N2O3S. The molecule has 1 aliphatic rings. The molecule has 0 saturated heterocycles. The molecule has 0 amide bonds. The number of methoxy groups -OCH3 is 1. The summed E-state index contributed by atoms with van der Waals surface area (Å²) in [7, 11) is -1.54. The van der Waals surface area contributed by atoms with Gasteiger partial charge in [0.15, 0.2) is 0 Å². The van der Waals surface area contributed by atoms with Gasteiger partial charge in [-0.3, -0.25) is 0 Å². The summed E-state index contributed by atoms with van der Waals surface area (Å²) >= 11 is 0. The molecule has 0 aromatic carbocycles. The summed E-state index contributed by atoms with van der Waals surface area (Å²) in [5.74, 6) is 0.100. The minimum atomic E-state index is -3.17. The van der Waals surface area contributed by atoms with E-state index in [2.05, 4.69) is 4.72 Å². The number of rotatable bonds is 7. The van der Waals surface area contributed by atoms with Gasteiger partial charge in [0.2, 0.25) is 10.0 Å². The van der Waals surface area contributed by atoms with Crippen LogP contribution in [0.2, 0.25) is 0 Å². The van der Waals surface area contributed by atoms with Crippen molar-refractivity contribution >= 4 is 10.0 Å². The Balaban J connectivity index is 2.35. The molecule has 1 aliphatic carbocycles. The van der Waals surface area contributed by atoms with Gasteiger partial charge < -0.3 is 10.5 Å². The van der Waals surface area contributed by atoms with Crippen molar-refractivity contribution in [1.82, 2.24) is 4.72 Å². The second-order valence-electron chi connectivity index (χ2n) is 4.02. The Morgan fingerprint density at radius 2 is 2.13 bits per heavy atom. The molecule has 0 atom stereocenters. The molecule has 0 heterocycles. The third-order valence-electron chi connectivity index (χ3n) is 2.93. The quantitative estimate of drug-likeness (QED) is 0.642. The molecule has 1 rings (SSSR count). The van der Waals surface area contributed by atoms with Crippen molar-refractivity contribution in [3.63, 3.8) is 0 Å². The van der Waals surface area contributed by atoms with Crippen molar-refractivity contribution in [2.75, 3.05) is 26.0 Å². The Morgan fingerprint density at radius 1 is 1.47 bits per heavy atom. The predicted octanol–water partition coefficient (Wildman–Crippen LogP) is -0.176. The van der Waals surface area contributed by atoms with Crippen molar-refractivity contribution in [2.24, 2.45) is 5.73 Å². The molecular weight excluding hydrogens is 216 g/mol. The van der Waals surface area contributed by atoms with Gasteiger partial charge in [0, 0.05) is 13.7 Å². The minimum Gasteiger partial charge on any atom is -0.377 e. The van der Waals surface area contributed by atoms with E-state index in [-0.39, 0.29) is 11.4 Å². The molecule has 1 fully saturated rings. The monoisotopic (exact) mass is 236 g/mol. The van der Waals surface area contributed by atoms with Gasteiger partial charge in [-0.15, -0.1) is 0 Å². The van der Waals surface area contributed by atoms with E-state index in [0.717, 1.165) is 19.3 Å². The molecule has 6 heteroatoms. The highest BCUT2D eigenvalue weighted by atomic mass is 32.2. The Labute approximate surface area is 91.4 Å². The molecule has 3 N–H and O–H groups in total. The molecule has 0 spiro atoms. The summed E-state index contributed by atoms with van der Waals surface area (Å²) in [5.41, 5.74) is 5.01.